The third-order valence-corrected chi connectivity index (χ3v) is 4.40. The molecule has 6 heteroatoms. The first-order chi connectivity index (χ1) is 10.8. The van der Waals surface area contributed by atoms with Crippen molar-refractivity contribution in [2.24, 2.45) is 0 Å². The Bertz CT molecular complexity index is 722. The Morgan fingerprint density at radius 1 is 1.13 bits per heavy atom. The maximum Gasteiger partial charge on any atom is 0.343 e. The number of carbonyl (C=O) groups is 1. The van der Waals surface area contributed by atoms with Gasteiger partial charge in [0, 0.05) is 10.0 Å². The molecule has 0 saturated heterocycles. The summed E-state index contributed by atoms with van der Waals surface area (Å²) in [5.41, 5.74) is 1.13. The second-order valence-corrected chi connectivity index (χ2v) is 6.88. The van der Waals surface area contributed by atoms with Gasteiger partial charge in [-0.15, -0.1) is 0 Å². The molecular formula is C17H15BrCl2O3. The van der Waals surface area contributed by atoms with Crippen LogP contribution in [0.1, 0.15) is 29.8 Å². The number of hydrogen-bond acceptors (Lipinski definition) is 3. The summed E-state index contributed by atoms with van der Waals surface area (Å²) in [6, 6.07) is 8.13. The molecule has 0 aromatic heterocycles. The standard InChI is InChI=1S/C17H15BrCl2O3/c1-9(2)22-16-5-4-11(6-13(16)18)17(21)23-12-7-14(19)10(3)15(20)8-12/h4-9H,1-3H3. The van der Waals surface area contributed by atoms with E-state index in [0.717, 1.165) is 5.56 Å². The third kappa shape index (κ3) is 4.63. The van der Waals surface area contributed by atoms with Crippen LogP contribution in [-0.2, 0) is 0 Å². The van der Waals surface area contributed by atoms with Crippen molar-refractivity contribution in [2.75, 3.05) is 0 Å². The van der Waals surface area contributed by atoms with E-state index in [2.05, 4.69) is 15.9 Å². The van der Waals surface area contributed by atoms with E-state index in [4.69, 9.17) is 32.7 Å². The molecule has 0 aliphatic heterocycles. The smallest absolute Gasteiger partial charge is 0.343 e. The highest BCUT2D eigenvalue weighted by atomic mass is 79.9. The molecule has 0 heterocycles. The number of hydrogen-bond donors (Lipinski definition) is 0. The third-order valence-electron chi connectivity index (χ3n) is 3.00. The summed E-state index contributed by atoms with van der Waals surface area (Å²) in [6.45, 7) is 5.65. The minimum absolute atomic E-state index is 0.0425. The zero-order valence-electron chi connectivity index (χ0n) is 12.8. The molecule has 0 saturated carbocycles. The van der Waals surface area contributed by atoms with Crippen molar-refractivity contribution in [3.63, 3.8) is 0 Å². The predicted molar refractivity (Wildman–Crippen MR) is 96.1 cm³/mol. The second kappa shape index (κ2) is 7.56. The van der Waals surface area contributed by atoms with Gasteiger partial charge in [-0.2, -0.15) is 0 Å². The van der Waals surface area contributed by atoms with Crippen LogP contribution in [0.3, 0.4) is 0 Å². The van der Waals surface area contributed by atoms with Crippen molar-refractivity contribution in [1.82, 2.24) is 0 Å². The van der Waals surface area contributed by atoms with Gasteiger partial charge >= 0.3 is 5.97 Å². The van der Waals surface area contributed by atoms with E-state index < -0.39 is 5.97 Å². The lowest BCUT2D eigenvalue weighted by Gasteiger charge is -2.12. The fraction of sp³-hybridized carbons (Fsp3) is 0.235. The molecule has 122 valence electrons. The monoisotopic (exact) mass is 416 g/mol. The molecule has 0 atom stereocenters. The van der Waals surface area contributed by atoms with Crippen LogP contribution in [0.25, 0.3) is 0 Å². The lowest BCUT2D eigenvalue weighted by molar-refractivity contribution is 0.0734. The van der Waals surface area contributed by atoms with Crippen LogP contribution in [0.15, 0.2) is 34.8 Å². The van der Waals surface area contributed by atoms with Gasteiger partial charge in [0.15, 0.2) is 0 Å². The molecule has 23 heavy (non-hydrogen) atoms. The SMILES string of the molecule is Cc1c(Cl)cc(OC(=O)c2ccc(OC(C)C)c(Br)c2)cc1Cl. The Kier molecular flexibility index (Phi) is 5.95. The van der Waals surface area contributed by atoms with Crippen LogP contribution in [0.2, 0.25) is 10.0 Å². The molecule has 0 N–H and O–H groups in total. The van der Waals surface area contributed by atoms with E-state index in [1.54, 1.807) is 37.3 Å². The molecule has 0 radical (unpaired) electrons. The van der Waals surface area contributed by atoms with E-state index in [1.165, 1.54) is 0 Å². The van der Waals surface area contributed by atoms with Crippen LogP contribution in [0.4, 0.5) is 0 Å². The minimum atomic E-state index is -0.502. The topological polar surface area (TPSA) is 35.5 Å². The maximum absolute atomic E-state index is 12.2. The number of rotatable bonds is 4. The van der Waals surface area contributed by atoms with Gasteiger partial charge in [0.25, 0.3) is 0 Å². The summed E-state index contributed by atoms with van der Waals surface area (Å²) in [4.78, 5) is 12.2. The normalized spacial score (nSPS) is 10.7. The summed E-state index contributed by atoms with van der Waals surface area (Å²) in [5.74, 6) is 0.463. The Morgan fingerprint density at radius 3 is 2.26 bits per heavy atom. The lowest BCUT2D eigenvalue weighted by atomic mass is 10.2. The zero-order chi connectivity index (χ0) is 17.1. The van der Waals surface area contributed by atoms with Gasteiger partial charge in [0.1, 0.15) is 11.5 Å². The largest absolute Gasteiger partial charge is 0.490 e. The average Bonchev–Trinajstić information content (AvgIpc) is 2.46. The van der Waals surface area contributed by atoms with Gasteiger partial charge in [0.05, 0.1) is 16.1 Å². The van der Waals surface area contributed by atoms with Crippen molar-refractivity contribution < 1.29 is 14.3 Å². The molecule has 2 aromatic carbocycles. The number of benzene rings is 2. The van der Waals surface area contributed by atoms with E-state index in [0.29, 0.717) is 31.6 Å². The van der Waals surface area contributed by atoms with Crippen LogP contribution in [-0.4, -0.2) is 12.1 Å². The molecule has 0 bridgehead atoms. The van der Waals surface area contributed by atoms with E-state index >= 15 is 0 Å². The van der Waals surface area contributed by atoms with E-state index in [-0.39, 0.29) is 6.10 Å². The zero-order valence-corrected chi connectivity index (χ0v) is 15.9. The average molecular weight is 418 g/mol. The molecule has 0 fully saturated rings. The van der Waals surface area contributed by atoms with Crippen molar-refractivity contribution in [3.8, 4) is 11.5 Å². The van der Waals surface area contributed by atoms with Gasteiger partial charge in [0.2, 0.25) is 0 Å². The van der Waals surface area contributed by atoms with Crippen LogP contribution in [0, 0.1) is 6.92 Å². The van der Waals surface area contributed by atoms with Crippen molar-refractivity contribution in [1.29, 1.82) is 0 Å². The first-order valence-corrected chi connectivity index (χ1v) is 8.47. The Balaban J connectivity index is 2.19. The highest BCUT2D eigenvalue weighted by Gasteiger charge is 2.14. The van der Waals surface area contributed by atoms with Crippen molar-refractivity contribution in [2.45, 2.75) is 26.9 Å². The summed E-state index contributed by atoms with van der Waals surface area (Å²) in [7, 11) is 0. The van der Waals surface area contributed by atoms with Crippen LogP contribution < -0.4 is 9.47 Å². The molecule has 0 spiro atoms. The van der Waals surface area contributed by atoms with Crippen LogP contribution >= 0.6 is 39.1 Å². The van der Waals surface area contributed by atoms with E-state index in [1.807, 2.05) is 13.8 Å². The van der Waals surface area contributed by atoms with Gasteiger partial charge in [-0.3, -0.25) is 0 Å². The number of halogens is 3. The van der Waals surface area contributed by atoms with Crippen molar-refractivity contribution >= 4 is 45.1 Å². The summed E-state index contributed by atoms with van der Waals surface area (Å²) < 4.78 is 11.6. The molecular weight excluding hydrogens is 403 g/mol. The molecule has 2 aromatic rings. The minimum Gasteiger partial charge on any atom is -0.490 e. The molecule has 0 amide bonds. The summed E-state index contributed by atoms with van der Waals surface area (Å²) in [5, 5.41) is 0.893. The second-order valence-electron chi connectivity index (χ2n) is 5.21. The fourth-order valence-electron chi connectivity index (χ4n) is 1.82. The number of ether oxygens (including phenoxy) is 2. The number of carbonyl (C=O) groups excluding carboxylic acids is 1. The molecule has 0 unspecified atom stereocenters. The molecule has 3 nitrogen and oxygen atoms in total. The first-order valence-electron chi connectivity index (χ1n) is 6.92. The van der Waals surface area contributed by atoms with Gasteiger partial charge < -0.3 is 9.47 Å². The quantitative estimate of drug-likeness (QED) is 0.447. The predicted octanol–water partition coefficient (Wildman–Crippen LogP) is 6.07. The molecule has 0 aliphatic rings. The fourth-order valence-corrected chi connectivity index (χ4v) is 2.76. The Labute approximate surface area is 153 Å². The highest BCUT2D eigenvalue weighted by molar-refractivity contribution is 9.10. The highest BCUT2D eigenvalue weighted by Crippen LogP contribution is 2.31. The van der Waals surface area contributed by atoms with Gasteiger partial charge in [-0.1, -0.05) is 23.2 Å². The van der Waals surface area contributed by atoms with Crippen LogP contribution in [0.5, 0.6) is 11.5 Å². The Hall–Kier alpha value is -1.23. The Morgan fingerprint density at radius 2 is 1.74 bits per heavy atom. The number of esters is 1. The van der Waals surface area contributed by atoms with Crippen molar-refractivity contribution in [3.05, 3.63) is 56.0 Å². The molecule has 0 aliphatic carbocycles. The van der Waals surface area contributed by atoms with Gasteiger partial charge in [-0.05, 0) is 72.6 Å². The molecule has 2 rings (SSSR count). The summed E-state index contributed by atoms with van der Waals surface area (Å²) in [6.07, 6.45) is 0.0425. The van der Waals surface area contributed by atoms with E-state index in [9.17, 15) is 4.79 Å². The first kappa shape index (κ1) is 18.1. The maximum atomic E-state index is 12.2. The summed E-state index contributed by atoms with van der Waals surface area (Å²) >= 11 is 15.5. The van der Waals surface area contributed by atoms with Gasteiger partial charge in [-0.25, -0.2) is 4.79 Å². The lowest BCUT2D eigenvalue weighted by Crippen LogP contribution is -2.10.